The predicted octanol–water partition coefficient (Wildman–Crippen LogP) is 2.02. The zero-order valence-corrected chi connectivity index (χ0v) is 14.0. The Morgan fingerprint density at radius 2 is 2.12 bits per heavy atom. The molecule has 1 aliphatic rings. The van der Waals surface area contributed by atoms with Crippen LogP contribution in [0.4, 0.5) is 10.5 Å². The van der Waals surface area contributed by atoms with Gasteiger partial charge < -0.3 is 14.5 Å². The Hall–Kier alpha value is -3.35. The van der Waals surface area contributed by atoms with Crippen LogP contribution in [-0.2, 0) is 16.0 Å². The SMILES string of the molecule is O=C(Cc1ccn2cncc2c1)NCC1CN(c2ccccc2)C(=O)O1. The van der Waals surface area contributed by atoms with Crippen molar-refractivity contribution in [1.29, 1.82) is 0 Å². The average molecular weight is 350 g/mol. The van der Waals surface area contributed by atoms with Gasteiger partial charge in [0, 0.05) is 11.9 Å². The van der Waals surface area contributed by atoms with Crippen molar-refractivity contribution in [2.24, 2.45) is 0 Å². The summed E-state index contributed by atoms with van der Waals surface area (Å²) in [5, 5.41) is 2.84. The van der Waals surface area contributed by atoms with E-state index in [1.807, 2.05) is 53.1 Å². The second-order valence-corrected chi connectivity index (χ2v) is 6.19. The molecule has 0 saturated carbocycles. The summed E-state index contributed by atoms with van der Waals surface area (Å²) < 4.78 is 7.22. The Morgan fingerprint density at radius 1 is 1.27 bits per heavy atom. The second-order valence-electron chi connectivity index (χ2n) is 6.19. The molecule has 132 valence electrons. The molecule has 1 N–H and O–H groups in total. The Kier molecular flexibility index (Phi) is 4.27. The first kappa shape index (κ1) is 16.1. The molecule has 26 heavy (non-hydrogen) atoms. The molecule has 1 saturated heterocycles. The summed E-state index contributed by atoms with van der Waals surface area (Å²) in [4.78, 5) is 29.8. The van der Waals surface area contributed by atoms with E-state index in [9.17, 15) is 9.59 Å². The van der Waals surface area contributed by atoms with E-state index >= 15 is 0 Å². The highest BCUT2D eigenvalue weighted by molar-refractivity contribution is 5.89. The minimum Gasteiger partial charge on any atom is -0.442 e. The number of hydrogen-bond donors (Lipinski definition) is 1. The zero-order valence-electron chi connectivity index (χ0n) is 14.0. The van der Waals surface area contributed by atoms with Gasteiger partial charge in [-0.2, -0.15) is 0 Å². The number of cyclic esters (lactones) is 1. The molecule has 1 aromatic carbocycles. The number of hydrogen-bond acceptors (Lipinski definition) is 4. The van der Waals surface area contributed by atoms with Crippen LogP contribution in [0.5, 0.6) is 0 Å². The number of aromatic nitrogens is 2. The van der Waals surface area contributed by atoms with Gasteiger partial charge in [0.2, 0.25) is 5.91 Å². The predicted molar refractivity (Wildman–Crippen MR) is 96.0 cm³/mol. The highest BCUT2D eigenvalue weighted by Gasteiger charge is 2.32. The molecule has 0 radical (unpaired) electrons. The van der Waals surface area contributed by atoms with Crippen molar-refractivity contribution in [3.05, 3.63) is 66.7 Å². The standard InChI is InChI=1S/C19H18N4O3/c24-18(9-14-6-7-22-13-20-10-16(22)8-14)21-11-17-12-23(19(25)26-17)15-4-2-1-3-5-15/h1-8,10,13,17H,9,11-12H2,(H,21,24). The lowest BCUT2D eigenvalue weighted by Crippen LogP contribution is -2.35. The fourth-order valence-corrected chi connectivity index (χ4v) is 3.00. The van der Waals surface area contributed by atoms with Crippen LogP contribution in [0.25, 0.3) is 5.52 Å². The Morgan fingerprint density at radius 3 is 2.96 bits per heavy atom. The highest BCUT2D eigenvalue weighted by Crippen LogP contribution is 2.20. The van der Waals surface area contributed by atoms with E-state index < -0.39 is 0 Å². The number of benzene rings is 1. The van der Waals surface area contributed by atoms with Crippen molar-refractivity contribution < 1.29 is 14.3 Å². The van der Waals surface area contributed by atoms with Gasteiger partial charge in [0.25, 0.3) is 0 Å². The summed E-state index contributed by atoms with van der Waals surface area (Å²) in [5.41, 5.74) is 2.64. The van der Waals surface area contributed by atoms with Gasteiger partial charge in [-0.25, -0.2) is 9.78 Å². The van der Waals surface area contributed by atoms with Gasteiger partial charge in [0.15, 0.2) is 0 Å². The molecule has 1 fully saturated rings. The summed E-state index contributed by atoms with van der Waals surface area (Å²) in [6, 6.07) is 13.2. The monoisotopic (exact) mass is 350 g/mol. The molecule has 2 amide bonds. The average Bonchev–Trinajstić information content (AvgIpc) is 3.26. The molecule has 7 heteroatoms. The summed E-state index contributed by atoms with van der Waals surface area (Å²) in [5.74, 6) is -0.108. The molecule has 4 rings (SSSR count). The second kappa shape index (κ2) is 6.87. The van der Waals surface area contributed by atoms with Crippen LogP contribution in [-0.4, -0.2) is 40.6 Å². The van der Waals surface area contributed by atoms with E-state index in [0.717, 1.165) is 16.8 Å². The van der Waals surface area contributed by atoms with Crippen molar-refractivity contribution in [2.45, 2.75) is 12.5 Å². The molecule has 0 aliphatic carbocycles. The molecule has 0 bridgehead atoms. The van der Waals surface area contributed by atoms with Crippen LogP contribution in [0.3, 0.4) is 0 Å². The smallest absolute Gasteiger partial charge is 0.414 e. The molecule has 1 atom stereocenters. The number of anilines is 1. The van der Waals surface area contributed by atoms with E-state index in [1.54, 1.807) is 17.4 Å². The Balaban J connectivity index is 1.31. The lowest BCUT2D eigenvalue weighted by Gasteiger charge is -2.12. The van der Waals surface area contributed by atoms with Crippen LogP contribution < -0.4 is 10.2 Å². The first-order valence-electron chi connectivity index (χ1n) is 8.39. The number of para-hydroxylation sites is 1. The number of amides is 2. The van der Waals surface area contributed by atoms with Crippen molar-refractivity contribution in [3.63, 3.8) is 0 Å². The highest BCUT2D eigenvalue weighted by atomic mass is 16.6. The number of ether oxygens (including phenoxy) is 1. The lowest BCUT2D eigenvalue weighted by atomic mass is 10.1. The third-order valence-electron chi connectivity index (χ3n) is 4.31. The van der Waals surface area contributed by atoms with Crippen molar-refractivity contribution >= 4 is 23.2 Å². The molecule has 2 aromatic heterocycles. The molecule has 1 unspecified atom stereocenters. The van der Waals surface area contributed by atoms with Crippen molar-refractivity contribution in [1.82, 2.24) is 14.7 Å². The molecule has 7 nitrogen and oxygen atoms in total. The molecule has 3 heterocycles. The van der Waals surface area contributed by atoms with Gasteiger partial charge in [-0.15, -0.1) is 0 Å². The van der Waals surface area contributed by atoms with Crippen LogP contribution in [0.2, 0.25) is 0 Å². The van der Waals surface area contributed by atoms with E-state index in [4.69, 9.17) is 4.74 Å². The summed E-state index contributed by atoms with van der Waals surface area (Å²) in [7, 11) is 0. The number of nitrogens with zero attached hydrogens (tertiary/aromatic N) is 3. The van der Waals surface area contributed by atoms with E-state index in [2.05, 4.69) is 10.3 Å². The van der Waals surface area contributed by atoms with Gasteiger partial charge >= 0.3 is 6.09 Å². The number of nitrogens with one attached hydrogen (secondary N) is 1. The van der Waals surface area contributed by atoms with E-state index in [0.29, 0.717) is 13.1 Å². The van der Waals surface area contributed by atoms with Gasteiger partial charge in [0.1, 0.15) is 6.10 Å². The third-order valence-corrected chi connectivity index (χ3v) is 4.31. The molecule has 1 aliphatic heterocycles. The van der Waals surface area contributed by atoms with Crippen molar-refractivity contribution in [2.75, 3.05) is 18.0 Å². The molecule has 3 aromatic rings. The zero-order chi connectivity index (χ0) is 17.9. The Labute approximate surface area is 150 Å². The fraction of sp³-hybridized carbons (Fsp3) is 0.211. The van der Waals surface area contributed by atoms with Crippen LogP contribution in [0, 0.1) is 0 Å². The molecular weight excluding hydrogens is 332 g/mol. The van der Waals surface area contributed by atoms with E-state index in [1.165, 1.54) is 0 Å². The number of fused-ring (bicyclic) bond motifs is 1. The van der Waals surface area contributed by atoms with E-state index in [-0.39, 0.29) is 24.5 Å². The summed E-state index contributed by atoms with van der Waals surface area (Å²) >= 11 is 0. The number of rotatable bonds is 5. The number of carbonyl (C=O) groups is 2. The minimum absolute atomic E-state index is 0.108. The maximum atomic E-state index is 12.2. The first-order valence-corrected chi connectivity index (χ1v) is 8.39. The van der Waals surface area contributed by atoms with Gasteiger partial charge in [-0.05, 0) is 29.8 Å². The largest absolute Gasteiger partial charge is 0.442 e. The van der Waals surface area contributed by atoms with Crippen LogP contribution >= 0.6 is 0 Å². The fourth-order valence-electron chi connectivity index (χ4n) is 3.00. The normalized spacial score (nSPS) is 16.7. The maximum absolute atomic E-state index is 12.2. The number of pyridine rings is 1. The van der Waals surface area contributed by atoms with Gasteiger partial charge in [-0.3, -0.25) is 9.69 Å². The summed E-state index contributed by atoms with van der Waals surface area (Å²) in [6.45, 7) is 0.716. The third kappa shape index (κ3) is 3.37. The minimum atomic E-state index is -0.387. The van der Waals surface area contributed by atoms with Crippen LogP contribution in [0.1, 0.15) is 5.56 Å². The quantitative estimate of drug-likeness (QED) is 0.764. The first-order chi connectivity index (χ1) is 12.7. The molecule has 0 spiro atoms. The van der Waals surface area contributed by atoms with Gasteiger partial charge in [-0.1, -0.05) is 18.2 Å². The van der Waals surface area contributed by atoms with Crippen LogP contribution in [0.15, 0.2) is 61.2 Å². The van der Waals surface area contributed by atoms with Gasteiger partial charge in [0.05, 0.1) is 37.6 Å². The maximum Gasteiger partial charge on any atom is 0.414 e. The van der Waals surface area contributed by atoms with Crippen molar-refractivity contribution in [3.8, 4) is 0 Å². The summed E-state index contributed by atoms with van der Waals surface area (Å²) in [6.07, 6.45) is 4.86. The number of carbonyl (C=O) groups excluding carboxylic acids is 2. The topological polar surface area (TPSA) is 75.9 Å². The Bertz CT molecular complexity index is 938. The lowest BCUT2D eigenvalue weighted by molar-refractivity contribution is -0.120. The molecular formula is C19H18N4O3. The number of imidazole rings is 1.